The van der Waals surface area contributed by atoms with E-state index in [9.17, 15) is 4.79 Å². The third-order valence-corrected chi connectivity index (χ3v) is 3.28. The van der Waals surface area contributed by atoms with E-state index in [0.717, 1.165) is 0 Å². The monoisotopic (exact) mass is 232 g/mol. The number of rotatable bonds is 4. The van der Waals surface area contributed by atoms with Gasteiger partial charge in [-0.25, -0.2) is 4.79 Å². The van der Waals surface area contributed by atoms with Crippen molar-refractivity contribution in [3.63, 3.8) is 0 Å². The summed E-state index contributed by atoms with van der Waals surface area (Å²) in [5.41, 5.74) is 0. The van der Waals surface area contributed by atoms with Crippen molar-refractivity contribution in [3.8, 4) is 0 Å². The van der Waals surface area contributed by atoms with Crippen molar-refractivity contribution < 1.29 is 4.79 Å². The molecule has 2 amide bonds. The Morgan fingerprint density at radius 1 is 1.40 bits per heavy atom. The van der Waals surface area contributed by atoms with Gasteiger partial charge in [0.25, 0.3) is 0 Å². The van der Waals surface area contributed by atoms with Crippen LogP contribution in [0.5, 0.6) is 0 Å². The highest BCUT2D eigenvalue weighted by molar-refractivity contribution is 6.18. The van der Waals surface area contributed by atoms with Crippen molar-refractivity contribution in [3.05, 3.63) is 0 Å². The van der Waals surface area contributed by atoms with Gasteiger partial charge in [-0.05, 0) is 25.7 Å². The zero-order valence-electron chi connectivity index (χ0n) is 9.39. The van der Waals surface area contributed by atoms with Crippen LogP contribution in [0.15, 0.2) is 0 Å². The van der Waals surface area contributed by atoms with Gasteiger partial charge in [0.05, 0.1) is 0 Å². The van der Waals surface area contributed by atoms with E-state index in [1.54, 1.807) is 0 Å². The molecule has 0 bridgehead atoms. The van der Waals surface area contributed by atoms with Gasteiger partial charge >= 0.3 is 6.03 Å². The number of amides is 2. The molecule has 2 N–H and O–H groups in total. The largest absolute Gasteiger partial charge is 0.337 e. The Labute approximate surface area is 96.9 Å². The Balaban J connectivity index is 2.21. The molecule has 88 valence electrons. The van der Waals surface area contributed by atoms with Crippen molar-refractivity contribution in [2.24, 2.45) is 5.92 Å². The number of nitrogens with one attached hydrogen (secondary N) is 2. The summed E-state index contributed by atoms with van der Waals surface area (Å²) >= 11 is 5.49. The quantitative estimate of drug-likeness (QED) is 0.719. The fourth-order valence-electron chi connectivity index (χ4n) is 2.17. The minimum atomic E-state index is -0.0891. The van der Waals surface area contributed by atoms with Crippen molar-refractivity contribution in [1.29, 1.82) is 0 Å². The average molecular weight is 233 g/mol. The molecule has 0 spiro atoms. The second-order valence-corrected chi connectivity index (χ2v) is 4.65. The zero-order valence-corrected chi connectivity index (χ0v) is 10.1. The predicted octanol–water partition coefficient (Wildman–Crippen LogP) is 2.49. The van der Waals surface area contributed by atoms with Crippen LogP contribution in [-0.4, -0.2) is 24.5 Å². The smallest absolute Gasteiger partial charge is 0.315 e. The van der Waals surface area contributed by atoms with E-state index in [4.69, 9.17) is 11.6 Å². The van der Waals surface area contributed by atoms with Crippen LogP contribution in [0.4, 0.5) is 4.79 Å². The molecule has 1 atom stereocenters. The third kappa shape index (κ3) is 4.74. The lowest BCUT2D eigenvalue weighted by molar-refractivity contribution is 0.225. The normalized spacial score (nSPS) is 19.6. The number of hydrogen-bond donors (Lipinski definition) is 2. The lowest BCUT2D eigenvalue weighted by Crippen LogP contribution is -2.44. The second kappa shape index (κ2) is 6.94. The summed E-state index contributed by atoms with van der Waals surface area (Å²) in [7, 11) is 0. The molecule has 0 saturated heterocycles. The molecule has 0 aromatic heterocycles. The maximum atomic E-state index is 11.4. The van der Waals surface area contributed by atoms with Crippen LogP contribution in [0.1, 0.15) is 39.0 Å². The molecule has 0 aliphatic heterocycles. The first-order valence-corrected chi connectivity index (χ1v) is 6.38. The first-order valence-electron chi connectivity index (χ1n) is 5.84. The number of halogens is 1. The molecule has 3 nitrogen and oxygen atoms in total. The minimum absolute atomic E-state index is 0.0891. The van der Waals surface area contributed by atoms with Crippen LogP contribution in [0.3, 0.4) is 0 Å². The van der Waals surface area contributed by atoms with Gasteiger partial charge in [0.1, 0.15) is 0 Å². The van der Waals surface area contributed by atoms with E-state index >= 15 is 0 Å². The van der Waals surface area contributed by atoms with Crippen LogP contribution in [0, 0.1) is 5.92 Å². The molecule has 4 heteroatoms. The lowest BCUT2D eigenvalue weighted by Gasteiger charge is -2.28. The van der Waals surface area contributed by atoms with E-state index < -0.39 is 0 Å². The summed E-state index contributed by atoms with van der Waals surface area (Å²) in [6, 6.07) is 0.189. The van der Waals surface area contributed by atoms with Gasteiger partial charge in [-0.3, -0.25) is 0 Å². The van der Waals surface area contributed by atoms with Crippen LogP contribution >= 0.6 is 11.6 Å². The molecule has 15 heavy (non-hydrogen) atoms. The van der Waals surface area contributed by atoms with Gasteiger partial charge < -0.3 is 10.6 Å². The molecular formula is C11H21ClN2O. The van der Waals surface area contributed by atoms with E-state index in [-0.39, 0.29) is 12.1 Å². The van der Waals surface area contributed by atoms with E-state index in [2.05, 4.69) is 17.6 Å². The average Bonchev–Trinajstić information content (AvgIpc) is 2.27. The Kier molecular flexibility index (Phi) is 5.84. The van der Waals surface area contributed by atoms with Crippen molar-refractivity contribution in [1.82, 2.24) is 10.6 Å². The van der Waals surface area contributed by atoms with Crippen LogP contribution in [0.2, 0.25) is 0 Å². The fourth-order valence-corrected chi connectivity index (χ4v) is 2.27. The van der Waals surface area contributed by atoms with E-state index in [1.165, 1.54) is 32.1 Å². The summed E-state index contributed by atoms with van der Waals surface area (Å²) in [5.74, 6) is 1.12. The Morgan fingerprint density at radius 2 is 2.07 bits per heavy atom. The molecule has 1 saturated carbocycles. The first kappa shape index (κ1) is 12.6. The van der Waals surface area contributed by atoms with E-state index in [0.29, 0.717) is 18.3 Å². The van der Waals surface area contributed by atoms with Crippen molar-refractivity contribution in [2.75, 3.05) is 12.4 Å². The standard InChI is InChI=1S/C11H21ClN2O/c1-9(10-5-3-2-4-6-10)14-11(15)13-8-7-12/h9-10H,2-8H2,1H3,(H2,13,14,15)/t9-/m1/s1. The summed E-state index contributed by atoms with van der Waals surface area (Å²) in [5, 5.41) is 5.70. The summed E-state index contributed by atoms with van der Waals surface area (Å²) in [6.07, 6.45) is 6.45. The number of hydrogen-bond acceptors (Lipinski definition) is 1. The maximum Gasteiger partial charge on any atom is 0.315 e. The number of alkyl halides is 1. The maximum absolute atomic E-state index is 11.4. The van der Waals surface area contributed by atoms with Crippen LogP contribution < -0.4 is 10.6 Å². The minimum Gasteiger partial charge on any atom is -0.337 e. The first-order chi connectivity index (χ1) is 7.24. The number of carbonyl (C=O) groups excluding carboxylic acids is 1. The van der Waals surface area contributed by atoms with Crippen molar-refractivity contribution >= 4 is 17.6 Å². The van der Waals surface area contributed by atoms with Gasteiger partial charge in [0.2, 0.25) is 0 Å². The van der Waals surface area contributed by atoms with E-state index in [1.807, 2.05) is 0 Å². The molecule has 0 aromatic carbocycles. The molecule has 0 heterocycles. The molecule has 0 unspecified atom stereocenters. The highest BCUT2D eigenvalue weighted by Gasteiger charge is 2.20. The third-order valence-electron chi connectivity index (χ3n) is 3.10. The van der Waals surface area contributed by atoms with Gasteiger partial charge in [-0.1, -0.05) is 19.3 Å². The Morgan fingerprint density at radius 3 is 2.67 bits per heavy atom. The Bertz CT molecular complexity index is 193. The summed E-state index contributed by atoms with van der Waals surface area (Å²) in [6.45, 7) is 2.63. The summed E-state index contributed by atoms with van der Waals surface area (Å²) < 4.78 is 0. The fraction of sp³-hybridized carbons (Fsp3) is 0.909. The highest BCUT2D eigenvalue weighted by atomic mass is 35.5. The summed E-state index contributed by atoms with van der Waals surface area (Å²) in [4.78, 5) is 11.4. The predicted molar refractivity (Wildman–Crippen MR) is 63.3 cm³/mol. The number of carbonyl (C=O) groups is 1. The lowest BCUT2D eigenvalue weighted by atomic mass is 9.85. The van der Waals surface area contributed by atoms with Gasteiger partial charge in [0.15, 0.2) is 0 Å². The molecule has 1 fully saturated rings. The zero-order chi connectivity index (χ0) is 11.1. The molecule has 1 aliphatic rings. The SMILES string of the molecule is C[C@@H](NC(=O)NCCCl)C1CCCCC1. The molecule has 1 rings (SSSR count). The molecule has 0 radical (unpaired) electrons. The van der Waals surface area contributed by atoms with Gasteiger partial charge in [-0.2, -0.15) is 0 Å². The van der Waals surface area contributed by atoms with Crippen LogP contribution in [0.25, 0.3) is 0 Å². The topological polar surface area (TPSA) is 41.1 Å². The Hall–Kier alpha value is -0.440. The second-order valence-electron chi connectivity index (χ2n) is 4.28. The molecular weight excluding hydrogens is 212 g/mol. The highest BCUT2D eigenvalue weighted by Crippen LogP contribution is 2.26. The molecule has 0 aromatic rings. The van der Waals surface area contributed by atoms with Crippen LogP contribution in [-0.2, 0) is 0 Å². The van der Waals surface area contributed by atoms with Crippen molar-refractivity contribution in [2.45, 2.75) is 45.1 Å². The van der Waals surface area contributed by atoms with Gasteiger partial charge in [0, 0.05) is 18.5 Å². The molecule has 1 aliphatic carbocycles. The number of urea groups is 1. The van der Waals surface area contributed by atoms with Gasteiger partial charge in [-0.15, -0.1) is 11.6 Å².